The second-order valence-corrected chi connectivity index (χ2v) is 9.71. The van der Waals surface area contributed by atoms with Crippen LogP contribution in [0.2, 0.25) is 0 Å². The highest BCUT2D eigenvalue weighted by molar-refractivity contribution is 7.92. The van der Waals surface area contributed by atoms with Gasteiger partial charge in [0, 0.05) is 41.3 Å². The Morgan fingerprint density at radius 2 is 1.47 bits per heavy atom. The molecule has 0 aliphatic carbocycles. The molecule has 14 nitrogen and oxygen atoms in total. The van der Waals surface area contributed by atoms with E-state index in [0.29, 0.717) is 22.7 Å². The molecule has 2 aromatic carbocycles. The Labute approximate surface area is 214 Å². The maximum absolute atomic E-state index is 12.9. The van der Waals surface area contributed by atoms with Crippen LogP contribution in [0.3, 0.4) is 0 Å². The molecule has 0 aliphatic rings. The lowest BCUT2D eigenvalue weighted by atomic mass is 10.1. The molecule has 0 radical (unpaired) electrons. The number of benzene rings is 2. The molecule has 5 rings (SSSR count). The van der Waals surface area contributed by atoms with Crippen molar-refractivity contribution < 1.29 is 18.3 Å². The van der Waals surface area contributed by atoms with Gasteiger partial charge in [-0.3, -0.25) is 29.9 Å². The van der Waals surface area contributed by atoms with Gasteiger partial charge in [0.1, 0.15) is 10.5 Å². The van der Waals surface area contributed by atoms with Crippen molar-refractivity contribution in [1.29, 1.82) is 0 Å². The van der Waals surface area contributed by atoms with Crippen molar-refractivity contribution in [3.05, 3.63) is 98.8 Å². The number of aromatic nitrogens is 5. The number of hydrogen-bond donors (Lipinski definition) is 1. The minimum absolute atomic E-state index is 0.141. The lowest BCUT2D eigenvalue weighted by Crippen LogP contribution is -2.14. The number of sulfonamides is 1. The molecular weight excluding hydrogens is 516 g/mol. The van der Waals surface area contributed by atoms with E-state index in [0.717, 1.165) is 17.7 Å². The van der Waals surface area contributed by atoms with Gasteiger partial charge in [0.2, 0.25) is 0 Å². The van der Waals surface area contributed by atoms with Crippen LogP contribution in [0.5, 0.6) is 0 Å². The molecule has 3 aromatic heterocycles. The fourth-order valence-corrected chi connectivity index (χ4v) is 4.84. The zero-order valence-corrected chi connectivity index (χ0v) is 20.2. The highest BCUT2D eigenvalue weighted by atomic mass is 32.2. The van der Waals surface area contributed by atoms with Crippen molar-refractivity contribution in [3.63, 3.8) is 0 Å². The number of hydrogen-bond acceptors (Lipinski definition) is 10. The van der Waals surface area contributed by atoms with Crippen LogP contribution in [0.1, 0.15) is 5.56 Å². The summed E-state index contributed by atoms with van der Waals surface area (Å²) in [6.07, 6.45) is 3.26. The maximum Gasteiger partial charge on any atom is 0.280 e. The normalized spacial score (nSPS) is 11.4. The summed E-state index contributed by atoms with van der Waals surface area (Å²) in [6.45, 7) is 1.18. The molecule has 3 heterocycles. The standard InChI is InChI=1S/C23H16N8O6S/c1-14-20(30(32)33)12-18(13-21(14)31(34)35)38(36,37)28-17-4-2-15(3-5-17)19-6-7-22-25-26-23(29(22)27-19)16-8-10-24-11-9-16/h2-13,28H,1H3. The van der Waals surface area contributed by atoms with Gasteiger partial charge in [0.25, 0.3) is 21.4 Å². The van der Waals surface area contributed by atoms with Gasteiger partial charge >= 0.3 is 0 Å². The van der Waals surface area contributed by atoms with Crippen LogP contribution in [0, 0.1) is 27.2 Å². The number of anilines is 1. The number of nitro benzene ring substituents is 2. The summed E-state index contributed by atoms with van der Waals surface area (Å²) in [5.74, 6) is 0.523. The highest BCUT2D eigenvalue weighted by Gasteiger charge is 2.28. The molecule has 0 bridgehead atoms. The Morgan fingerprint density at radius 3 is 2.08 bits per heavy atom. The van der Waals surface area contributed by atoms with Gasteiger partial charge in [-0.25, -0.2) is 8.42 Å². The van der Waals surface area contributed by atoms with Gasteiger partial charge in [0.15, 0.2) is 11.5 Å². The molecule has 5 aromatic rings. The largest absolute Gasteiger partial charge is 0.280 e. The van der Waals surface area contributed by atoms with Crippen LogP contribution >= 0.6 is 0 Å². The Hall–Kier alpha value is -5.31. The molecule has 0 saturated carbocycles. The zero-order chi connectivity index (χ0) is 27.0. The van der Waals surface area contributed by atoms with E-state index in [-0.39, 0.29) is 11.3 Å². The first-order chi connectivity index (χ1) is 18.1. The highest BCUT2D eigenvalue weighted by Crippen LogP contribution is 2.32. The predicted octanol–water partition coefficient (Wildman–Crippen LogP) is 3.78. The van der Waals surface area contributed by atoms with Gasteiger partial charge in [-0.15, -0.1) is 10.2 Å². The van der Waals surface area contributed by atoms with Gasteiger partial charge < -0.3 is 0 Å². The molecule has 0 atom stereocenters. The van der Waals surface area contributed by atoms with E-state index in [4.69, 9.17) is 0 Å². The van der Waals surface area contributed by atoms with Crippen molar-refractivity contribution in [2.24, 2.45) is 0 Å². The van der Waals surface area contributed by atoms with Crippen LogP contribution in [0.4, 0.5) is 17.1 Å². The number of nitro groups is 2. The monoisotopic (exact) mass is 532 g/mol. The van der Waals surface area contributed by atoms with Crippen LogP contribution in [-0.4, -0.2) is 43.1 Å². The lowest BCUT2D eigenvalue weighted by molar-refractivity contribution is -0.395. The molecule has 0 aliphatic heterocycles. The molecule has 0 unspecified atom stereocenters. The third kappa shape index (κ3) is 4.48. The van der Waals surface area contributed by atoms with Crippen molar-refractivity contribution in [3.8, 4) is 22.6 Å². The van der Waals surface area contributed by atoms with Crippen molar-refractivity contribution >= 4 is 32.7 Å². The van der Waals surface area contributed by atoms with E-state index < -0.39 is 36.1 Å². The predicted molar refractivity (Wildman–Crippen MR) is 135 cm³/mol. The van der Waals surface area contributed by atoms with Gasteiger partial charge in [-0.05, 0) is 43.3 Å². The van der Waals surface area contributed by atoms with Crippen molar-refractivity contribution in [2.75, 3.05) is 4.72 Å². The summed E-state index contributed by atoms with van der Waals surface area (Å²) in [5.41, 5.74) is 1.09. The summed E-state index contributed by atoms with van der Waals surface area (Å²) in [6, 6.07) is 14.8. The third-order valence-electron chi connectivity index (χ3n) is 5.66. The van der Waals surface area contributed by atoms with Gasteiger partial charge in [0.05, 0.1) is 15.5 Å². The Bertz CT molecular complexity index is 1790. The fraction of sp³-hybridized carbons (Fsp3) is 0.0435. The average molecular weight is 532 g/mol. The molecule has 0 amide bonds. The first kappa shape index (κ1) is 24.4. The molecule has 0 spiro atoms. The first-order valence-corrected chi connectivity index (χ1v) is 12.3. The summed E-state index contributed by atoms with van der Waals surface area (Å²) >= 11 is 0. The van der Waals surface area contributed by atoms with Crippen LogP contribution in [0.15, 0.2) is 78.0 Å². The second-order valence-electron chi connectivity index (χ2n) is 8.03. The van der Waals surface area contributed by atoms with Crippen LogP contribution in [-0.2, 0) is 10.0 Å². The Kier molecular flexibility index (Phi) is 5.96. The molecule has 190 valence electrons. The van der Waals surface area contributed by atoms with E-state index >= 15 is 0 Å². The average Bonchev–Trinajstić information content (AvgIpc) is 3.32. The van der Waals surface area contributed by atoms with Crippen LogP contribution < -0.4 is 4.72 Å². The minimum atomic E-state index is -4.38. The Balaban J connectivity index is 1.45. The maximum atomic E-state index is 12.9. The van der Waals surface area contributed by atoms with E-state index in [9.17, 15) is 28.6 Å². The number of rotatable bonds is 7. The summed E-state index contributed by atoms with van der Waals surface area (Å²) in [5, 5.41) is 35.5. The fourth-order valence-electron chi connectivity index (χ4n) is 3.74. The van der Waals surface area contributed by atoms with E-state index in [1.165, 1.54) is 19.1 Å². The first-order valence-electron chi connectivity index (χ1n) is 10.8. The van der Waals surface area contributed by atoms with E-state index in [1.54, 1.807) is 53.3 Å². The summed E-state index contributed by atoms with van der Waals surface area (Å²) in [7, 11) is -4.38. The van der Waals surface area contributed by atoms with E-state index in [2.05, 4.69) is 25.0 Å². The number of nitrogens with one attached hydrogen (secondary N) is 1. The van der Waals surface area contributed by atoms with E-state index in [1.807, 2.05) is 0 Å². The Morgan fingerprint density at radius 1 is 0.842 bits per heavy atom. The minimum Gasteiger partial charge on any atom is -0.280 e. The lowest BCUT2D eigenvalue weighted by Gasteiger charge is -2.10. The van der Waals surface area contributed by atoms with Gasteiger partial charge in [-0.1, -0.05) is 12.1 Å². The number of nitrogens with zero attached hydrogens (tertiary/aromatic N) is 7. The molecule has 38 heavy (non-hydrogen) atoms. The van der Waals surface area contributed by atoms with Crippen LogP contribution in [0.25, 0.3) is 28.3 Å². The molecule has 0 saturated heterocycles. The summed E-state index contributed by atoms with van der Waals surface area (Å²) < 4.78 is 29.7. The molecule has 15 heteroatoms. The SMILES string of the molecule is Cc1c([N+](=O)[O-])cc(S(=O)(=O)Nc2ccc(-c3ccc4nnc(-c5ccncc5)n4n3)cc2)cc1[N+](=O)[O-]. The smallest absolute Gasteiger partial charge is 0.280 e. The van der Waals surface area contributed by atoms with Gasteiger partial charge in [-0.2, -0.15) is 9.61 Å². The molecule has 0 fully saturated rings. The quantitative estimate of drug-likeness (QED) is 0.238. The van der Waals surface area contributed by atoms with Crippen molar-refractivity contribution in [2.45, 2.75) is 11.8 Å². The zero-order valence-electron chi connectivity index (χ0n) is 19.4. The molecule has 1 N–H and O–H groups in total. The number of pyridine rings is 1. The third-order valence-corrected chi connectivity index (χ3v) is 7.03. The summed E-state index contributed by atoms with van der Waals surface area (Å²) in [4.78, 5) is 24.3. The second kappa shape index (κ2) is 9.29. The van der Waals surface area contributed by atoms with Crippen molar-refractivity contribution in [1.82, 2.24) is 24.8 Å². The topological polar surface area (TPSA) is 188 Å². The molecular formula is C23H16N8O6S. The number of fused-ring (bicyclic) bond motifs is 1.